The van der Waals surface area contributed by atoms with Gasteiger partial charge in [0.05, 0.1) is 6.54 Å². The molecule has 0 aliphatic carbocycles. The van der Waals surface area contributed by atoms with E-state index in [2.05, 4.69) is 5.32 Å². The number of carbonyl (C=O) groups is 3. The molecule has 1 aliphatic rings. The first-order valence-corrected chi connectivity index (χ1v) is 13.4. The minimum Gasteiger partial charge on any atom is -0.507 e. The molecular formula is C28H29N3O6S. The van der Waals surface area contributed by atoms with Crippen LogP contribution in [0, 0.1) is 0 Å². The molecule has 0 fully saturated rings. The number of fused-ring (bicyclic) bond motifs is 1. The molecule has 3 N–H and O–H groups in total. The summed E-state index contributed by atoms with van der Waals surface area (Å²) in [5.74, 6) is -1.65. The number of carboxylic acid groups (broad SMARTS) is 1. The molecule has 0 spiro atoms. The molecule has 198 valence electrons. The molecule has 4 rings (SSSR count). The van der Waals surface area contributed by atoms with Gasteiger partial charge in [0.2, 0.25) is 0 Å². The first-order valence-electron chi connectivity index (χ1n) is 12.3. The van der Waals surface area contributed by atoms with Crippen LogP contribution in [0.3, 0.4) is 0 Å². The van der Waals surface area contributed by atoms with Crippen molar-refractivity contribution in [2.24, 2.45) is 0 Å². The number of aromatic hydroxyl groups is 1. The number of pyridine rings is 1. The average Bonchev–Trinajstić information content (AvgIpc) is 3.41. The van der Waals surface area contributed by atoms with E-state index < -0.39 is 29.5 Å². The van der Waals surface area contributed by atoms with Crippen molar-refractivity contribution in [1.29, 1.82) is 0 Å². The summed E-state index contributed by atoms with van der Waals surface area (Å²) in [7, 11) is 0. The quantitative estimate of drug-likeness (QED) is 0.383. The Balaban J connectivity index is 1.67. The largest absolute Gasteiger partial charge is 0.507 e. The van der Waals surface area contributed by atoms with Gasteiger partial charge in [-0.15, -0.1) is 0 Å². The predicted molar refractivity (Wildman–Crippen MR) is 146 cm³/mol. The van der Waals surface area contributed by atoms with Gasteiger partial charge in [-0.05, 0) is 36.6 Å². The van der Waals surface area contributed by atoms with Crippen LogP contribution >= 0.6 is 11.8 Å². The number of aliphatic carboxylic acids is 1. The molecule has 2 aromatic carbocycles. The fourth-order valence-electron chi connectivity index (χ4n) is 4.57. The van der Waals surface area contributed by atoms with Gasteiger partial charge >= 0.3 is 5.97 Å². The van der Waals surface area contributed by atoms with Crippen LogP contribution in [0.2, 0.25) is 0 Å². The number of carbonyl (C=O) groups excluding carboxylic acids is 2. The molecule has 2 amide bonds. The normalized spacial score (nSPS) is 12.2. The van der Waals surface area contributed by atoms with Crippen LogP contribution in [-0.2, 0) is 22.8 Å². The molecule has 0 saturated carbocycles. The minimum atomic E-state index is -1.25. The number of nitrogens with zero attached hydrogens (tertiary/aromatic N) is 2. The lowest BCUT2D eigenvalue weighted by Crippen LogP contribution is -2.37. The first kappa shape index (κ1) is 27.0. The fraction of sp³-hybridized carbons (Fsp3) is 0.286. The Morgan fingerprint density at radius 3 is 2.37 bits per heavy atom. The summed E-state index contributed by atoms with van der Waals surface area (Å²) in [5, 5.41) is 21.7. The SMILES string of the molecule is CCN(CC)C(=O)c1ccccc1-c1ccc(Cn2c3c(c(O)c(C(=O)NCC(=O)O)c2=O)CSC3)cc1. The van der Waals surface area contributed by atoms with E-state index in [-0.39, 0.29) is 18.2 Å². The van der Waals surface area contributed by atoms with Crippen LogP contribution in [0.5, 0.6) is 5.75 Å². The van der Waals surface area contributed by atoms with Crippen molar-refractivity contribution in [3.63, 3.8) is 0 Å². The van der Waals surface area contributed by atoms with Crippen molar-refractivity contribution in [2.45, 2.75) is 31.9 Å². The standard InChI is InChI=1S/C28H29N3O6S/c1-3-30(4-2)27(36)20-8-6-5-7-19(20)18-11-9-17(10-12-18)14-31-22-16-38-15-21(22)25(34)24(28(31)37)26(35)29-13-23(32)33/h5-12,34H,3-4,13-16H2,1-2H3,(H,29,35)(H,32,33). The minimum absolute atomic E-state index is 0.0351. The van der Waals surface area contributed by atoms with Crippen LogP contribution in [0.1, 0.15) is 51.4 Å². The highest BCUT2D eigenvalue weighted by Crippen LogP contribution is 2.36. The summed E-state index contributed by atoms with van der Waals surface area (Å²) in [6.45, 7) is 4.62. The topological polar surface area (TPSA) is 129 Å². The van der Waals surface area contributed by atoms with Gasteiger partial charge in [-0.2, -0.15) is 11.8 Å². The van der Waals surface area contributed by atoms with E-state index in [9.17, 15) is 24.3 Å². The van der Waals surface area contributed by atoms with Gasteiger partial charge in [0, 0.05) is 41.4 Å². The smallest absolute Gasteiger partial charge is 0.322 e. The van der Waals surface area contributed by atoms with Crippen molar-refractivity contribution in [3.8, 4) is 16.9 Å². The average molecular weight is 536 g/mol. The molecule has 1 aliphatic heterocycles. The molecule has 0 saturated heterocycles. The second kappa shape index (κ2) is 11.6. The number of nitrogens with one attached hydrogen (secondary N) is 1. The summed E-state index contributed by atoms with van der Waals surface area (Å²) in [6, 6.07) is 15.0. The number of aromatic nitrogens is 1. The summed E-state index contributed by atoms with van der Waals surface area (Å²) in [4.78, 5) is 51.6. The number of amides is 2. The number of carboxylic acids is 1. The molecule has 0 bridgehead atoms. The van der Waals surface area contributed by atoms with Crippen molar-refractivity contribution in [1.82, 2.24) is 14.8 Å². The monoisotopic (exact) mass is 535 g/mol. The van der Waals surface area contributed by atoms with Crippen LogP contribution in [-0.4, -0.2) is 57.1 Å². The lowest BCUT2D eigenvalue weighted by Gasteiger charge is -2.20. The molecule has 0 atom stereocenters. The van der Waals surface area contributed by atoms with Gasteiger partial charge in [-0.1, -0.05) is 42.5 Å². The van der Waals surface area contributed by atoms with Crippen molar-refractivity contribution >= 4 is 29.5 Å². The molecule has 1 aromatic heterocycles. The number of hydrogen-bond acceptors (Lipinski definition) is 6. The Hall–Kier alpha value is -4.05. The number of hydrogen-bond donors (Lipinski definition) is 3. The Morgan fingerprint density at radius 2 is 1.71 bits per heavy atom. The van der Waals surface area contributed by atoms with E-state index in [4.69, 9.17) is 5.11 Å². The molecule has 0 radical (unpaired) electrons. The molecule has 9 nitrogen and oxygen atoms in total. The predicted octanol–water partition coefficient (Wildman–Crippen LogP) is 3.31. The Labute approximate surface area is 224 Å². The van der Waals surface area contributed by atoms with E-state index in [1.54, 1.807) is 4.90 Å². The summed E-state index contributed by atoms with van der Waals surface area (Å²) >= 11 is 1.52. The highest BCUT2D eigenvalue weighted by molar-refractivity contribution is 7.98. The molecule has 10 heteroatoms. The molecular weight excluding hydrogens is 506 g/mol. The molecule has 38 heavy (non-hydrogen) atoms. The highest BCUT2D eigenvalue weighted by Gasteiger charge is 2.29. The third kappa shape index (κ3) is 5.31. The van der Waals surface area contributed by atoms with E-state index in [0.717, 1.165) is 16.7 Å². The first-order chi connectivity index (χ1) is 18.3. The molecule has 2 heterocycles. The zero-order valence-electron chi connectivity index (χ0n) is 21.2. The van der Waals surface area contributed by atoms with Crippen LogP contribution < -0.4 is 10.9 Å². The third-order valence-electron chi connectivity index (χ3n) is 6.58. The van der Waals surface area contributed by atoms with Crippen molar-refractivity contribution in [3.05, 3.63) is 86.8 Å². The Bertz CT molecular complexity index is 1440. The lowest BCUT2D eigenvalue weighted by molar-refractivity contribution is -0.135. The molecule has 0 unspecified atom stereocenters. The maximum atomic E-state index is 13.3. The number of thioether (sulfide) groups is 1. The van der Waals surface area contributed by atoms with Crippen LogP contribution in [0.15, 0.2) is 53.3 Å². The number of rotatable bonds is 9. The van der Waals surface area contributed by atoms with Gasteiger partial charge < -0.3 is 25.0 Å². The zero-order chi connectivity index (χ0) is 27.4. The third-order valence-corrected chi connectivity index (χ3v) is 7.55. The summed E-state index contributed by atoms with van der Waals surface area (Å²) in [6.07, 6.45) is 0. The molecule has 3 aromatic rings. The Kier molecular flexibility index (Phi) is 8.21. The van der Waals surface area contributed by atoms with E-state index in [1.165, 1.54) is 16.3 Å². The zero-order valence-corrected chi connectivity index (χ0v) is 22.0. The van der Waals surface area contributed by atoms with Crippen LogP contribution in [0.25, 0.3) is 11.1 Å². The van der Waals surface area contributed by atoms with Crippen molar-refractivity contribution in [2.75, 3.05) is 19.6 Å². The van der Waals surface area contributed by atoms with Crippen LogP contribution in [0.4, 0.5) is 0 Å². The Morgan fingerprint density at radius 1 is 1.03 bits per heavy atom. The number of benzene rings is 2. The second-order valence-corrected chi connectivity index (χ2v) is 9.81. The second-order valence-electron chi connectivity index (χ2n) is 8.83. The van der Waals surface area contributed by atoms with E-state index in [0.29, 0.717) is 41.4 Å². The van der Waals surface area contributed by atoms with E-state index >= 15 is 0 Å². The fourth-order valence-corrected chi connectivity index (χ4v) is 5.70. The van der Waals surface area contributed by atoms with Gasteiger partial charge in [0.15, 0.2) is 0 Å². The summed E-state index contributed by atoms with van der Waals surface area (Å²) in [5.41, 5.74) is 3.11. The maximum Gasteiger partial charge on any atom is 0.322 e. The van der Waals surface area contributed by atoms with Gasteiger partial charge in [-0.3, -0.25) is 19.2 Å². The van der Waals surface area contributed by atoms with E-state index in [1.807, 2.05) is 62.4 Å². The van der Waals surface area contributed by atoms with Gasteiger partial charge in [-0.25, -0.2) is 0 Å². The summed E-state index contributed by atoms with van der Waals surface area (Å²) < 4.78 is 1.47. The maximum absolute atomic E-state index is 13.3. The lowest BCUT2D eigenvalue weighted by atomic mass is 9.97. The highest BCUT2D eigenvalue weighted by atomic mass is 32.2. The van der Waals surface area contributed by atoms with Gasteiger partial charge in [0.1, 0.15) is 17.9 Å². The van der Waals surface area contributed by atoms with Gasteiger partial charge in [0.25, 0.3) is 17.4 Å². The van der Waals surface area contributed by atoms with Crippen molar-refractivity contribution < 1.29 is 24.6 Å².